The molecular formula is C10H12FNOS. The second kappa shape index (κ2) is 4.91. The normalized spacial score (nSPS) is 9.86. The van der Waals surface area contributed by atoms with E-state index in [1.807, 2.05) is 0 Å². The minimum absolute atomic E-state index is 0.251. The lowest BCUT2D eigenvalue weighted by atomic mass is 10.2. The molecule has 1 aromatic rings. The molecule has 0 radical (unpaired) electrons. The highest BCUT2D eigenvalue weighted by Gasteiger charge is 2.05. The second-order valence-electron chi connectivity index (χ2n) is 2.95. The van der Waals surface area contributed by atoms with Crippen LogP contribution in [0.25, 0.3) is 0 Å². The van der Waals surface area contributed by atoms with Crippen molar-refractivity contribution in [2.75, 3.05) is 6.61 Å². The van der Waals surface area contributed by atoms with Gasteiger partial charge in [0.05, 0.1) is 11.6 Å². The van der Waals surface area contributed by atoms with Gasteiger partial charge in [-0.2, -0.15) is 0 Å². The Bertz CT molecular complexity index is 341. The molecule has 0 bridgehead atoms. The topological polar surface area (TPSA) is 35.2 Å². The molecule has 0 saturated carbocycles. The van der Waals surface area contributed by atoms with Crippen molar-refractivity contribution in [3.63, 3.8) is 0 Å². The molecule has 0 aromatic heterocycles. The van der Waals surface area contributed by atoms with Gasteiger partial charge in [0.1, 0.15) is 0 Å². The maximum absolute atomic E-state index is 13.3. The Hall–Kier alpha value is -1.16. The molecule has 0 amide bonds. The van der Waals surface area contributed by atoms with E-state index in [1.54, 1.807) is 25.1 Å². The first kappa shape index (κ1) is 10.9. The summed E-state index contributed by atoms with van der Waals surface area (Å²) in [5.74, 6) is -0.0725. The Morgan fingerprint density at radius 1 is 1.57 bits per heavy atom. The molecule has 4 heteroatoms. The van der Waals surface area contributed by atoms with Crippen LogP contribution in [-0.4, -0.2) is 11.6 Å². The Morgan fingerprint density at radius 3 is 2.93 bits per heavy atom. The maximum atomic E-state index is 13.3. The predicted octanol–water partition coefficient (Wildman–Crippen LogP) is 2.19. The highest BCUT2D eigenvalue weighted by atomic mass is 32.1. The lowest BCUT2D eigenvalue weighted by molar-refractivity contribution is 0.311. The van der Waals surface area contributed by atoms with Crippen molar-refractivity contribution < 1.29 is 9.13 Å². The third kappa shape index (κ3) is 2.96. The average Bonchev–Trinajstić information content (AvgIpc) is 2.12. The monoisotopic (exact) mass is 213 g/mol. The summed E-state index contributed by atoms with van der Waals surface area (Å²) in [7, 11) is 0. The van der Waals surface area contributed by atoms with E-state index in [0.717, 1.165) is 0 Å². The third-order valence-electron chi connectivity index (χ3n) is 1.76. The molecule has 0 fully saturated rings. The van der Waals surface area contributed by atoms with Gasteiger partial charge in [0, 0.05) is 6.42 Å². The molecule has 14 heavy (non-hydrogen) atoms. The van der Waals surface area contributed by atoms with E-state index in [2.05, 4.69) is 12.2 Å². The Kier molecular flexibility index (Phi) is 3.83. The fourth-order valence-electron chi connectivity index (χ4n) is 0.994. The van der Waals surface area contributed by atoms with Crippen molar-refractivity contribution in [2.24, 2.45) is 5.73 Å². The SMILES string of the molecule is Cc1cccc(OCCC(N)=S)c1F. The van der Waals surface area contributed by atoms with E-state index in [1.165, 1.54) is 0 Å². The van der Waals surface area contributed by atoms with Crippen LogP contribution >= 0.6 is 12.2 Å². The van der Waals surface area contributed by atoms with Gasteiger partial charge in [-0.3, -0.25) is 0 Å². The Labute approximate surface area is 87.9 Å². The van der Waals surface area contributed by atoms with E-state index in [-0.39, 0.29) is 11.6 Å². The largest absolute Gasteiger partial charge is 0.490 e. The van der Waals surface area contributed by atoms with E-state index < -0.39 is 0 Å². The van der Waals surface area contributed by atoms with Gasteiger partial charge in [-0.25, -0.2) is 4.39 Å². The van der Waals surface area contributed by atoms with Crippen molar-refractivity contribution in [3.8, 4) is 5.75 Å². The van der Waals surface area contributed by atoms with Crippen LogP contribution in [0.1, 0.15) is 12.0 Å². The van der Waals surface area contributed by atoms with Gasteiger partial charge in [-0.05, 0) is 18.6 Å². The summed E-state index contributed by atoms with van der Waals surface area (Å²) in [5, 5.41) is 0. The van der Waals surface area contributed by atoms with Crippen LogP contribution in [0.4, 0.5) is 4.39 Å². The summed E-state index contributed by atoms with van der Waals surface area (Å²) in [5.41, 5.74) is 5.85. The van der Waals surface area contributed by atoms with Gasteiger partial charge in [0.25, 0.3) is 0 Å². The van der Waals surface area contributed by atoms with E-state index in [4.69, 9.17) is 10.5 Å². The summed E-state index contributed by atoms with van der Waals surface area (Å²) in [4.78, 5) is 0.373. The highest BCUT2D eigenvalue weighted by Crippen LogP contribution is 2.19. The van der Waals surface area contributed by atoms with E-state index in [9.17, 15) is 4.39 Å². The third-order valence-corrected chi connectivity index (χ3v) is 1.97. The molecule has 2 N–H and O–H groups in total. The van der Waals surface area contributed by atoms with E-state index in [0.29, 0.717) is 23.6 Å². The first-order valence-electron chi connectivity index (χ1n) is 4.27. The second-order valence-corrected chi connectivity index (χ2v) is 3.48. The summed E-state index contributed by atoms with van der Waals surface area (Å²) < 4.78 is 18.5. The smallest absolute Gasteiger partial charge is 0.167 e. The zero-order chi connectivity index (χ0) is 10.6. The molecule has 0 saturated heterocycles. The zero-order valence-corrected chi connectivity index (χ0v) is 8.73. The molecule has 0 spiro atoms. The highest BCUT2D eigenvalue weighted by molar-refractivity contribution is 7.80. The molecule has 76 valence electrons. The van der Waals surface area contributed by atoms with Crippen LogP contribution in [0.2, 0.25) is 0 Å². The quantitative estimate of drug-likeness (QED) is 0.779. The number of thiocarbonyl (C=S) groups is 1. The van der Waals surface area contributed by atoms with Gasteiger partial charge in [-0.15, -0.1) is 0 Å². The fraction of sp³-hybridized carbons (Fsp3) is 0.300. The van der Waals surface area contributed by atoms with Crippen molar-refractivity contribution in [1.29, 1.82) is 0 Å². The fourth-order valence-corrected chi connectivity index (χ4v) is 1.08. The summed E-state index contributed by atoms with van der Waals surface area (Å²) >= 11 is 4.67. The lowest BCUT2D eigenvalue weighted by Crippen LogP contribution is -2.12. The minimum Gasteiger partial charge on any atom is -0.490 e. The zero-order valence-electron chi connectivity index (χ0n) is 7.92. The molecule has 1 rings (SSSR count). The molecule has 0 atom stereocenters. The van der Waals surface area contributed by atoms with Crippen LogP contribution in [0.3, 0.4) is 0 Å². The predicted molar refractivity (Wildman–Crippen MR) is 58.0 cm³/mol. The standard InChI is InChI=1S/C10H12FNOS/c1-7-3-2-4-8(10(7)11)13-6-5-9(12)14/h2-4H,5-6H2,1H3,(H2,12,14). The molecule has 0 aliphatic rings. The number of rotatable bonds is 4. The van der Waals surface area contributed by atoms with Gasteiger partial charge in [0.15, 0.2) is 11.6 Å². The van der Waals surface area contributed by atoms with Crippen LogP contribution < -0.4 is 10.5 Å². The van der Waals surface area contributed by atoms with Crippen molar-refractivity contribution in [2.45, 2.75) is 13.3 Å². The first-order valence-corrected chi connectivity index (χ1v) is 4.68. The first-order chi connectivity index (χ1) is 6.61. The molecule has 0 aliphatic carbocycles. The molecule has 0 heterocycles. The Balaban J connectivity index is 2.59. The van der Waals surface area contributed by atoms with Crippen LogP contribution in [0.15, 0.2) is 18.2 Å². The maximum Gasteiger partial charge on any atom is 0.167 e. The average molecular weight is 213 g/mol. The van der Waals surface area contributed by atoms with Crippen molar-refractivity contribution in [3.05, 3.63) is 29.6 Å². The summed E-state index contributed by atoms with van der Waals surface area (Å²) in [6.45, 7) is 2.01. The van der Waals surface area contributed by atoms with Gasteiger partial charge in [-0.1, -0.05) is 24.4 Å². The number of nitrogens with two attached hydrogens (primary N) is 1. The number of halogens is 1. The Morgan fingerprint density at radius 2 is 2.29 bits per heavy atom. The van der Waals surface area contributed by atoms with Crippen LogP contribution in [0.5, 0.6) is 5.75 Å². The van der Waals surface area contributed by atoms with Crippen LogP contribution in [0, 0.1) is 12.7 Å². The number of benzene rings is 1. The molecule has 0 aliphatic heterocycles. The van der Waals surface area contributed by atoms with Crippen molar-refractivity contribution in [1.82, 2.24) is 0 Å². The molecule has 2 nitrogen and oxygen atoms in total. The number of aryl methyl sites for hydroxylation is 1. The number of hydrogen-bond acceptors (Lipinski definition) is 2. The van der Waals surface area contributed by atoms with Gasteiger partial charge >= 0.3 is 0 Å². The number of ether oxygens (including phenoxy) is 1. The van der Waals surface area contributed by atoms with Gasteiger partial charge < -0.3 is 10.5 Å². The van der Waals surface area contributed by atoms with Crippen molar-refractivity contribution >= 4 is 17.2 Å². The molecular weight excluding hydrogens is 201 g/mol. The van der Waals surface area contributed by atoms with Gasteiger partial charge in [0.2, 0.25) is 0 Å². The number of hydrogen-bond donors (Lipinski definition) is 1. The summed E-state index contributed by atoms with van der Waals surface area (Å²) in [6.07, 6.45) is 0.461. The van der Waals surface area contributed by atoms with Crippen LogP contribution in [-0.2, 0) is 0 Å². The summed E-state index contributed by atoms with van der Waals surface area (Å²) in [6, 6.07) is 5.02. The minimum atomic E-state index is -0.324. The lowest BCUT2D eigenvalue weighted by Gasteiger charge is -2.07. The molecule has 1 aromatic carbocycles. The van der Waals surface area contributed by atoms with E-state index >= 15 is 0 Å². The molecule has 0 unspecified atom stereocenters.